The minimum atomic E-state index is 0.596. The van der Waals surface area contributed by atoms with Gasteiger partial charge in [0.1, 0.15) is 12.0 Å². The van der Waals surface area contributed by atoms with Crippen LogP contribution in [0, 0.1) is 6.07 Å². The molecule has 1 aromatic carbocycles. The van der Waals surface area contributed by atoms with E-state index < -0.39 is 0 Å². The summed E-state index contributed by atoms with van der Waals surface area (Å²) in [6.45, 7) is 2.49. The number of hydrogen-bond acceptors (Lipinski definition) is 2. The van der Waals surface area contributed by atoms with Crippen LogP contribution in [0.4, 0.5) is 0 Å². The van der Waals surface area contributed by atoms with Gasteiger partial charge in [-0.2, -0.15) is 0 Å². The third-order valence-electron chi connectivity index (χ3n) is 1.24. The maximum absolute atomic E-state index is 10.3. The average Bonchev–Trinajstić information content (AvgIpc) is 2.06. The van der Waals surface area contributed by atoms with Crippen molar-refractivity contribution in [1.29, 1.82) is 0 Å². The van der Waals surface area contributed by atoms with Crippen molar-refractivity contribution >= 4 is 6.29 Å². The van der Waals surface area contributed by atoms with Gasteiger partial charge in [0, 0.05) is 11.6 Å². The quantitative estimate of drug-likeness (QED) is 0.611. The summed E-state index contributed by atoms with van der Waals surface area (Å²) in [5.74, 6) is 0.622. The fourth-order valence-corrected chi connectivity index (χ4v) is 0.773. The van der Waals surface area contributed by atoms with Gasteiger partial charge in [0.2, 0.25) is 0 Å². The van der Waals surface area contributed by atoms with Crippen LogP contribution in [-0.4, -0.2) is 12.9 Å². The van der Waals surface area contributed by atoms with Crippen molar-refractivity contribution in [1.82, 2.24) is 0 Å². The number of ether oxygens (including phenoxy) is 1. The molecule has 0 atom stereocenters. The Bertz CT molecular complexity index is 243. The largest absolute Gasteiger partial charge is 0.493 e. The third-order valence-corrected chi connectivity index (χ3v) is 1.24. The zero-order valence-corrected chi connectivity index (χ0v) is 6.33. The standard InChI is InChI=1S/C9H9O2/c1-2-11-9-5-3-4-8(6-9)7-10/h3-4,6-7H,2H2,1H3. The molecule has 57 valence electrons. The first-order valence-corrected chi connectivity index (χ1v) is 3.46. The molecule has 0 aliphatic carbocycles. The van der Waals surface area contributed by atoms with Gasteiger partial charge in [0.05, 0.1) is 6.61 Å². The summed E-state index contributed by atoms with van der Waals surface area (Å²) >= 11 is 0. The number of rotatable bonds is 3. The van der Waals surface area contributed by atoms with Gasteiger partial charge in [-0.1, -0.05) is 6.07 Å². The van der Waals surface area contributed by atoms with Crippen LogP contribution >= 0.6 is 0 Å². The van der Waals surface area contributed by atoms with E-state index in [2.05, 4.69) is 6.07 Å². The van der Waals surface area contributed by atoms with E-state index in [9.17, 15) is 4.79 Å². The molecule has 0 amide bonds. The van der Waals surface area contributed by atoms with E-state index in [1.807, 2.05) is 6.92 Å². The molecule has 0 bridgehead atoms. The summed E-state index contributed by atoms with van der Waals surface area (Å²) in [7, 11) is 0. The second kappa shape index (κ2) is 3.76. The number of aldehydes is 1. The average molecular weight is 149 g/mol. The van der Waals surface area contributed by atoms with E-state index >= 15 is 0 Å². The maximum Gasteiger partial charge on any atom is 0.150 e. The molecule has 1 radical (unpaired) electrons. The lowest BCUT2D eigenvalue weighted by Gasteiger charge is -2.00. The highest BCUT2D eigenvalue weighted by atomic mass is 16.5. The van der Waals surface area contributed by atoms with Crippen LogP contribution in [0.5, 0.6) is 5.75 Å². The van der Waals surface area contributed by atoms with Gasteiger partial charge in [-0.15, -0.1) is 0 Å². The highest BCUT2D eigenvalue weighted by Gasteiger charge is 1.93. The lowest BCUT2D eigenvalue weighted by atomic mass is 10.2. The molecule has 11 heavy (non-hydrogen) atoms. The predicted molar refractivity (Wildman–Crippen MR) is 41.8 cm³/mol. The molecule has 2 nitrogen and oxygen atoms in total. The molecule has 2 heteroatoms. The minimum Gasteiger partial charge on any atom is -0.493 e. The van der Waals surface area contributed by atoms with Crippen molar-refractivity contribution < 1.29 is 9.53 Å². The Kier molecular flexibility index (Phi) is 2.66. The Morgan fingerprint density at radius 3 is 3.18 bits per heavy atom. The van der Waals surface area contributed by atoms with Crippen molar-refractivity contribution in [2.24, 2.45) is 0 Å². The number of carbonyl (C=O) groups excluding carboxylic acids is 1. The zero-order valence-electron chi connectivity index (χ0n) is 6.33. The third kappa shape index (κ3) is 2.08. The molecule has 0 fully saturated rings. The molecule has 0 aliphatic rings. The summed E-state index contributed by atoms with van der Waals surface area (Å²) in [6, 6.07) is 7.89. The zero-order chi connectivity index (χ0) is 8.10. The first kappa shape index (κ1) is 7.79. The molecule has 1 rings (SSSR count). The summed E-state index contributed by atoms with van der Waals surface area (Å²) in [5, 5.41) is 0. The lowest BCUT2D eigenvalue weighted by Crippen LogP contribution is -1.91. The predicted octanol–water partition coefficient (Wildman–Crippen LogP) is 1.70. The van der Waals surface area contributed by atoms with Crippen LogP contribution in [0.15, 0.2) is 18.2 Å². The van der Waals surface area contributed by atoms with Gasteiger partial charge in [-0.05, 0) is 19.1 Å². The molecule has 0 spiro atoms. The molecule has 1 aromatic rings. The fraction of sp³-hybridized carbons (Fsp3) is 0.222. The monoisotopic (exact) mass is 149 g/mol. The summed E-state index contributed by atoms with van der Waals surface area (Å²) in [5.41, 5.74) is 0.618. The lowest BCUT2D eigenvalue weighted by molar-refractivity contribution is 0.112. The van der Waals surface area contributed by atoms with Crippen LogP contribution in [0.25, 0.3) is 0 Å². The Morgan fingerprint density at radius 1 is 1.73 bits per heavy atom. The Hall–Kier alpha value is -1.31. The van der Waals surface area contributed by atoms with Crippen molar-refractivity contribution in [3.05, 3.63) is 29.8 Å². The molecule has 0 aromatic heterocycles. The molecule has 0 unspecified atom stereocenters. The summed E-state index contributed by atoms with van der Waals surface area (Å²) in [6.07, 6.45) is 0.788. The first-order valence-electron chi connectivity index (χ1n) is 3.46. The van der Waals surface area contributed by atoms with Gasteiger partial charge in [0.15, 0.2) is 0 Å². The van der Waals surface area contributed by atoms with Crippen LogP contribution in [0.3, 0.4) is 0 Å². The van der Waals surface area contributed by atoms with Crippen molar-refractivity contribution in [2.45, 2.75) is 6.92 Å². The second-order valence-electron chi connectivity index (χ2n) is 2.04. The minimum absolute atomic E-state index is 0.596. The molecular weight excluding hydrogens is 140 g/mol. The molecule has 0 heterocycles. The molecule has 0 N–H and O–H groups in total. The number of benzene rings is 1. The number of carbonyl (C=O) groups is 1. The second-order valence-corrected chi connectivity index (χ2v) is 2.04. The van der Waals surface area contributed by atoms with Crippen LogP contribution in [0.1, 0.15) is 17.3 Å². The maximum atomic E-state index is 10.3. The van der Waals surface area contributed by atoms with E-state index in [4.69, 9.17) is 4.74 Å². The van der Waals surface area contributed by atoms with Crippen LogP contribution in [-0.2, 0) is 0 Å². The first-order chi connectivity index (χ1) is 5.36. The van der Waals surface area contributed by atoms with Crippen molar-refractivity contribution in [3.63, 3.8) is 0 Å². The van der Waals surface area contributed by atoms with E-state index in [-0.39, 0.29) is 0 Å². The number of hydrogen-bond donors (Lipinski definition) is 0. The van der Waals surface area contributed by atoms with Gasteiger partial charge in [-0.3, -0.25) is 4.79 Å². The molecular formula is C9H9O2. The highest BCUT2D eigenvalue weighted by Crippen LogP contribution is 2.10. The van der Waals surface area contributed by atoms with Gasteiger partial charge < -0.3 is 4.74 Å². The normalized spacial score (nSPS) is 9.18. The summed E-state index contributed by atoms with van der Waals surface area (Å²) in [4.78, 5) is 10.3. The van der Waals surface area contributed by atoms with Gasteiger partial charge >= 0.3 is 0 Å². The van der Waals surface area contributed by atoms with Crippen LogP contribution in [0.2, 0.25) is 0 Å². The smallest absolute Gasteiger partial charge is 0.150 e. The topological polar surface area (TPSA) is 26.3 Å². The SMILES string of the molecule is CCOc1[c]ccc(C=O)c1. The highest BCUT2D eigenvalue weighted by molar-refractivity contribution is 5.75. The van der Waals surface area contributed by atoms with Crippen LogP contribution < -0.4 is 4.74 Å². The molecule has 0 aliphatic heterocycles. The fourth-order valence-electron chi connectivity index (χ4n) is 0.773. The Balaban J connectivity index is 2.82. The van der Waals surface area contributed by atoms with E-state index in [1.165, 1.54) is 0 Å². The molecule has 0 saturated carbocycles. The Morgan fingerprint density at radius 2 is 2.55 bits per heavy atom. The van der Waals surface area contributed by atoms with E-state index in [0.29, 0.717) is 17.9 Å². The summed E-state index contributed by atoms with van der Waals surface area (Å²) < 4.78 is 5.13. The van der Waals surface area contributed by atoms with Crippen molar-refractivity contribution in [2.75, 3.05) is 6.61 Å². The molecule has 0 saturated heterocycles. The van der Waals surface area contributed by atoms with E-state index in [0.717, 1.165) is 6.29 Å². The Labute approximate surface area is 65.8 Å². The van der Waals surface area contributed by atoms with Gasteiger partial charge in [0.25, 0.3) is 0 Å². The van der Waals surface area contributed by atoms with Crippen molar-refractivity contribution in [3.8, 4) is 5.75 Å². The van der Waals surface area contributed by atoms with E-state index in [1.54, 1.807) is 18.2 Å². The van der Waals surface area contributed by atoms with Gasteiger partial charge in [-0.25, -0.2) is 0 Å².